The molecule has 0 spiro atoms. The highest BCUT2D eigenvalue weighted by atomic mass is 16.7. The second-order valence-electron chi connectivity index (χ2n) is 5.13. The lowest BCUT2D eigenvalue weighted by atomic mass is 9.95. The van der Waals surface area contributed by atoms with Crippen molar-refractivity contribution in [3.8, 4) is 0 Å². The first-order valence-electron chi connectivity index (χ1n) is 6.97. The summed E-state index contributed by atoms with van der Waals surface area (Å²) in [6.45, 7) is 2.94. The molecule has 1 rings (SSSR count). The lowest BCUT2D eigenvalue weighted by molar-refractivity contribution is -0.284. The summed E-state index contributed by atoms with van der Waals surface area (Å²) in [6, 6.07) is -0.551. The lowest BCUT2D eigenvalue weighted by Crippen LogP contribution is -2.66. The van der Waals surface area contributed by atoms with E-state index in [-0.39, 0.29) is 12.5 Å². The molecule has 22 heavy (non-hydrogen) atoms. The standard InChI is InChI=1S/C14H25NO7/c1-8(16)15(3)11-13(19-5)12(21-9(2)17)10(7-18-4)22-14(11)20-6/h10-14H,7H2,1-6H3. The molecule has 1 aliphatic rings. The quantitative estimate of drug-likeness (QED) is 0.627. The fourth-order valence-electron chi connectivity index (χ4n) is 2.61. The number of nitrogens with zero attached hydrogens (tertiary/aromatic N) is 1. The van der Waals surface area contributed by atoms with Crippen molar-refractivity contribution in [1.29, 1.82) is 0 Å². The summed E-state index contributed by atoms with van der Waals surface area (Å²) in [7, 11) is 6.11. The molecular weight excluding hydrogens is 294 g/mol. The number of esters is 1. The van der Waals surface area contributed by atoms with E-state index in [1.54, 1.807) is 7.05 Å². The highest BCUT2D eigenvalue weighted by molar-refractivity contribution is 5.73. The minimum Gasteiger partial charge on any atom is -0.457 e. The molecular formula is C14H25NO7. The highest BCUT2D eigenvalue weighted by Gasteiger charge is 2.50. The summed E-state index contributed by atoms with van der Waals surface area (Å²) < 4.78 is 27.1. The predicted molar refractivity (Wildman–Crippen MR) is 76.1 cm³/mol. The van der Waals surface area contributed by atoms with Gasteiger partial charge in [-0.2, -0.15) is 0 Å². The second-order valence-corrected chi connectivity index (χ2v) is 5.13. The molecule has 8 heteroatoms. The molecule has 5 unspecified atom stereocenters. The average Bonchev–Trinajstić information content (AvgIpc) is 2.46. The number of amides is 1. The van der Waals surface area contributed by atoms with E-state index in [1.807, 2.05) is 0 Å². The number of rotatable bonds is 6. The van der Waals surface area contributed by atoms with Crippen LogP contribution < -0.4 is 0 Å². The molecule has 0 saturated carbocycles. The number of hydrogen-bond donors (Lipinski definition) is 0. The molecule has 5 atom stereocenters. The molecule has 0 bridgehead atoms. The normalized spacial score (nSPS) is 31.6. The van der Waals surface area contributed by atoms with Gasteiger partial charge < -0.3 is 28.6 Å². The maximum absolute atomic E-state index is 11.7. The van der Waals surface area contributed by atoms with Crippen molar-refractivity contribution < 1.29 is 33.3 Å². The van der Waals surface area contributed by atoms with Gasteiger partial charge in [0.1, 0.15) is 18.2 Å². The summed E-state index contributed by atoms with van der Waals surface area (Å²) in [5.74, 6) is -0.638. The van der Waals surface area contributed by atoms with Crippen molar-refractivity contribution in [2.24, 2.45) is 0 Å². The Morgan fingerprint density at radius 1 is 1.09 bits per heavy atom. The van der Waals surface area contributed by atoms with Crippen LogP contribution in [0.1, 0.15) is 13.8 Å². The van der Waals surface area contributed by atoms with Crippen LogP contribution in [0.3, 0.4) is 0 Å². The van der Waals surface area contributed by atoms with Gasteiger partial charge in [-0.15, -0.1) is 0 Å². The van der Waals surface area contributed by atoms with E-state index in [4.69, 9.17) is 23.7 Å². The van der Waals surface area contributed by atoms with Gasteiger partial charge in [-0.3, -0.25) is 9.59 Å². The minimum atomic E-state index is -0.717. The van der Waals surface area contributed by atoms with Crippen LogP contribution in [-0.2, 0) is 33.3 Å². The lowest BCUT2D eigenvalue weighted by Gasteiger charge is -2.47. The molecule has 0 aliphatic carbocycles. The summed E-state index contributed by atoms with van der Waals surface area (Å²) in [6.07, 6.45) is -2.58. The van der Waals surface area contributed by atoms with Gasteiger partial charge in [-0.25, -0.2) is 0 Å². The number of carbonyl (C=O) groups is 2. The van der Waals surface area contributed by atoms with Crippen LogP contribution in [0.4, 0.5) is 0 Å². The van der Waals surface area contributed by atoms with Crippen molar-refractivity contribution in [3.63, 3.8) is 0 Å². The highest BCUT2D eigenvalue weighted by Crippen LogP contribution is 2.29. The van der Waals surface area contributed by atoms with E-state index < -0.39 is 36.6 Å². The van der Waals surface area contributed by atoms with Crippen LogP contribution in [-0.4, -0.2) is 82.4 Å². The van der Waals surface area contributed by atoms with Gasteiger partial charge in [-0.05, 0) is 0 Å². The minimum absolute atomic E-state index is 0.176. The van der Waals surface area contributed by atoms with Crippen LogP contribution in [0.2, 0.25) is 0 Å². The number of likely N-dealkylation sites (N-methyl/N-ethyl adjacent to an activating group) is 1. The Hall–Kier alpha value is -1.22. The van der Waals surface area contributed by atoms with Crippen molar-refractivity contribution in [2.45, 2.75) is 44.5 Å². The molecule has 1 saturated heterocycles. The Morgan fingerprint density at radius 3 is 2.14 bits per heavy atom. The van der Waals surface area contributed by atoms with Crippen LogP contribution >= 0.6 is 0 Å². The third-order valence-electron chi connectivity index (χ3n) is 3.70. The Kier molecular flexibility index (Phi) is 7.21. The third-order valence-corrected chi connectivity index (χ3v) is 3.70. The number of hydrogen-bond acceptors (Lipinski definition) is 7. The van der Waals surface area contributed by atoms with E-state index in [0.29, 0.717) is 0 Å². The van der Waals surface area contributed by atoms with Crippen molar-refractivity contribution in [2.75, 3.05) is 35.0 Å². The molecule has 0 aromatic rings. The summed E-state index contributed by atoms with van der Waals surface area (Å²) >= 11 is 0. The SMILES string of the molecule is COCC1OC(OC)C(N(C)C(C)=O)C(OC)C1OC(C)=O. The van der Waals surface area contributed by atoms with Crippen LogP contribution in [0.25, 0.3) is 0 Å². The first-order chi connectivity index (χ1) is 10.4. The van der Waals surface area contributed by atoms with E-state index >= 15 is 0 Å². The Labute approximate surface area is 130 Å². The molecule has 0 N–H and O–H groups in total. The predicted octanol–water partition coefficient (Wildman–Crippen LogP) is -0.202. The van der Waals surface area contributed by atoms with Crippen LogP contribution in [0, 0.1) is 0 Å². The fraction of sp³-hybridized carbons (Fsp3) is 0.857. The number of carbonyl (C=O) groups excluding carboxylic acids is 2. The molecule has 0 aromatic heterocycles. The van der Waals surface area contributed by atoms with Gasteiger partial charge in [0.05, 0.1) is 6.61 Å². The van der Waals surface area contributed by atoms with E-state index in [1.165, 1.54) is 40.1 Å². The van der Waals surface area contributed by atoms with E-state index in [0.717, 1.165) is 0 Å². The summed E-state index contributed by atoms with van der Waals surface area (Å²) in [5.41, 5.74) is 0. The first-order valence-corrected chi connectivity index (χ1v) is 6.97. The average molecular weight is 319 g/mol. The van der Waals surface area contributed by atoms with Crippen LogP contribution in [0.15, 0.2) is 0 Å². The molecule has 8 nitrogen and oxygen atoms in total. The van der Waals surface area contributed by atoms with Crippen LogP contribution in [0.5, 0.6) is 0 Å². The number of methoxy groups -OCH3 is 3. The molecule has 1 fully saturated rings. The molecule has 1 aliphatic heterocycles. The molecule has 1 heterocycles. The smallest absolute Gasteiger partial charge is 0.303 e. The zero-order chi connectivity index (χ0) is 16.9. The van der Waals surface area contributed by atoms with Crippen molar-refractivity contribution in [3.05, 3.63) is 0 Å². The second kappa shape index (κ2) is 8.42. The maximum Gasteiger partial charge on any atom is 0.303 e. The molecule has 0 aromatic carbocycles. The van der Waals surface area contributed by atoms with Gasteiger partial charge in [0.2, 0.25) is 5.91 Å². The van der Waals surface area contributed by atoms with Gasteiger partial charge in [0.25, 0.3) is 0 Å². The zero-order valence-electron chi connectivity index (χ0n) is 13.9. The molecule has 128 valence electrons. The zero-order valence-corrected chi connectivity index (χ0v) is 13.9. The molecule has 1 amide bonds. The van der Waals surface area contributed by atoms with Crippen molar-refractivity contribution in [1.82, 2.24) is 4.90 Å². The first kappa shape index (κ1) is 18.8. The molecule has 0 radical (unpaired) electrons. The van der Waals surface area contributed by atoms with Gasteiger partial charge in [0, 0.05) is 42.2 Å². The van der Waals surface area contributed by atoms with Crippen molar-refractivity contribution >= 4 is 11.9 Å². The van der Waals surface area contributed by atoms with E-state index in [9.17, 15) is 9.59 Å². The van der Waals surface area contributed by atoms with E-state index in [2.05, 4.69) is 0 Å². The Morgan fingerprint density at radius 2 is 1.73 bits per heavy atom. The Balaban J connectivity index is 3.14. The number of ether oxygens (including phenoxy) is 5. The van der Waals surface area contributed by atoms with Gasteiger partial charge in [-0.1, -0.05) is 0 Å². The monoisotopic (exact) mass is 319 g/mol. The summed E-state index contributed by atoms with van der Waals surface area (Å²) in [4.78, 5) is 24.6. The third kappa shape index (κ3) is 4.16. The summed E-state index contributed by atoms with van der Waals surface area (Å²) in [5, 5.41) is 0. The Bertz CT molecular complexity index is 389. The maximum atomic E-state index is 11.7. The van der Waals surface area contributed by atoms with Gasteiger partial charge >= 0.3 is 5.97 Å². The largest absolute Gasteiger partial charge is 0.457 e. The fourth-order valence-corrected chi connectivity index (χ4v) is 2.61. The van der Waals surface area contributed by atoms with Gasteiger partial charge in [0.15, 0.2) is 12.4 Å². The topological polar surface area (TPSA) is 83.5 Å².